The third-order valence-corrected chi connectivity index (χ3v) is 4.85. The zero-order chi connectivity index (χ0) is 22.1. The van der Waals surface area contributed by atoms with Crippen molar-refractivity contribution in [2.75, 3.05) is 45.7 Å². The minimum absolute atomic E-state index is 0. The first-order valence-corrected chi connectivity index (χ1v) is 10.2. The number of nitrogens with zero attached hydrogens (tertiary/aromatic N) is 3. The minimum atomic E-state index is -0.575. The van der Waals surface area contributed by atoms with Crippen LogP contribution < -0.4 is 17.3 Å². The van der Waals surface area contributed by atoms with Gasteiger partial charge in [0.25, 0.3) is 0 Å². The highest BCUT2D eigenvalue weighted by atomic mass is 35.5. The van der Waals surface area contributed by atoms with E-state index < -0.39 is 5.97 Å². The van der Waals surface area contributed by atoms with E-state index in [4.69, 9.17) is 4.74 Å². The summed E-state index contributed by atoms with van der Waals surface area (Å²) in [6.45, 7) is 6.80. The lowest BCUT2D eigenvalue weighted by molar-refractivity contribution is -0.870. The molecule has 0 aliphatic heterocycles. The highest BCUT2D eigenvalue weighted by Gasteiger charge is 2.15. The second-order valence-corrected chi connectivity index (χ2v) is 8.36. The summed E-state index contributed by atoms with van der Waals surface area (Å²) in [6, 6.07) is 18.4. The number of quaternary nitrogens is 1. The average molecular weight is 442 g/mol. The van der Waals surface area contributed by atoms with E-state index in [0.717, 1.165) is 29.9 Å². The van der Waals surface area contributed by atoms with Crippen LogP contribution in [0, 0.1) is 18.3 Å². The largest absolute Gasteiger partial charge is 1.00 e. The Labute approximate surface area is 192 Å². The molecule has 0 aliphatic carbocycles. The van der Waals surface area contributed by atoms with Gasteiger partial charge in [0.05, 0.1) is 21.1 Å². The quantitative estimate of drug-likeness (QED) is 0.254. The van der Waals surface area contributed by atoms with Gasteiger partial charge in [0.15, 0.2) is 0 Å². The lowest BCUT2D eigenvalue weighted by Gasteiger charge is -2.24. The van der Waals surface area contributed by atoms with Gasteiger partial charge in [0.2, 0.25) is 0 Å². The van der Waals surface area contributed by atoms with E-state index >= 15 is 0 Å². The molecule has 0 radical (unpaired) electrons. The normalized spacial score (nSPS) is 11.3. The monoisotopic (exact) mass is 441 g/mol. The van der Waals surface area contributed by atoms with Gasteiger partial charge in [-0.05, 0) is 48.7 Å². The fourth-order valence-corrected chi connectivity index (χ4v) is 2.99. The summed E-state index contributed by atoms with van der Waals surface area (Å²) in [6.07, 6.45) is 1.61. The molecule has 0 unspecified atom stereocenters. The summed E-state index contributed by atoms with van der Waals surface area (Å²) >= 11 is 0. The summed E-state index contributed by atoms with van der Waals surface area (Å²) in [5, 5.41) is 9.42. The number of carbonyl (C=O) groups excluding carboxylic acids is 1. The van der Waals surface area contributed by atoms with Crippen molar-refractivity contribution in [2.24, 2.45) is 0 Å². The zero-order valence-electron chi connectivity index (χ0n) is 19.1. The lowest BCUT2D eigenvalue weighted by atomic mass is 10.0. The molecule has 2 aromatic carbocycles. The van der Waals surface area contributed by atoms with Crippen LogP contribution in [-0.2, 0) is 16.1 Å². The number of likely N-dealkylation sites (N-methyl/N-ethyl adjacent to an activating group) is 1. The van der Waals surface area contributed by atoms with E-state index in [1.807, 2.05) is 64.5 Å². The van der Waals surface area contributed by atoms with Crippen molar-refractivity contribution in [3.63, 3.8) is 0 Å². The second kappa shape index (κ2) is 12.1. The summed E-state index contributed by atoms with van der Waals surface area (Å²) in [7, 11) is 6.07. The molecule has 0 heterocycles. The van der Waals surface area contributed by atoms with Crippen LogP contribution in [0.2, 0.25) is 0 Å². The maximum Gasteiger partial charge on any atom is 0.349 e. The highest BCUT2D eigenvalue weighted by molar-refractivity contribution is 5.98. The van der Waals surface area contributed by atoms with Crippen LogP contribution in [0.5, 0.6) is 0 Å². The van der Waals surface area contributed by atoms with Gasteiger partial charge in [-0.25, -0.2) is 4.79 Å². The predicted octanol–water partition coefficient (Wildman–Crippen LogP) is 1.18. The highest BCUT2D eigenvalue weighted by Crippen LogP contribution is 2.23. The Morgan fingerprint density at radius 1 is 1.16 bits per heavy atom. The third kappa shape index (κ3) is 8.45. The maximum atomic E-state index is 12.3. The number of halogens is 1. The van der Waals surface area contributed by atoms with Gasteiger partial charge in [-0.3, -0.25) is 0 Å². The molecule has 0 aliphatic rings. The number of aryl methyl sites for hydroxylation is 1. The summed E-state index contributed by atoms with van der Waals surface area (Å²) in [5.41, 5.74) is 4.23. The predicted molar refractivity (Wildman–Crippen MR) is 122 cm³/mol. The van der Waals surface area contributed by atoms with Crippen LogP contribution in [0.1, 0.15) is 23.6 Å². The summed E-state index contributed by atoms with van der Waals surface area (Å²) in [4.78, 5) is 14.6. The number of hydrogen-bond donors (Lipinski definition) is 0. The molecule has 0 fully saturated rings. The van der Waals surface area contributed by atoms with Gasteiger partial charge in [0.1, 0.15) is 24.8 Å². The van der Waals surface area contributed by atoms with E-state index in [-0.39, 0.29) is 24.6 Å². The summed E-state index contributed by atoms with van der Waals surface area (Å²) < 4.78 is 5.97. The Morgan fingerprint density at radius 2 is 1.84 bits per heavy atom. The van der Waals surface area contributed by atoms with E-state index in [2.05, 4.69) is 30.0 Å². The van der Waals surface area contributed by atoms with Gasteiger partial charge in [0, 0.05) is 18.8 Å². The molecule has 0 N–H and O–H groups in total. The topological polar surface area (TPSA) is 53.3 Å². The van der Waals surface area contributed by atoms with Crippen molar-refractivity contribution in [1.29, 1.82) is 5.26 Å². The van der Waals surface area contributed by atoms with Crippen LogP contribution >= 0.6 is 0 Å². The Morgan fingerprint density at radius 3 is 2.39 bits per heavy atom. The van der Waals surface area contributed by atoms with E-state index in [0.29, 0.717) is 11.0 Å². The first-order valence-electron chi connectivity index (χ1n) is 10.2. The molecule has 0 spiro atoms. The van der Waals surface area contributed by atoms with Crippen LogP contribution in [0.4, 0.5) is 5.69 Å². The van der Waals surface area contributed by atoms with Crippen LogP contribution in [0.25, 0.3) is 6.08 Å². The Bertz CT molecular complexity index is 928. The van der Waals surface area contributed by atoms with Gasteiger partial charge < -0.3 is 26.5 Å². The molecule has 2 rings (SSSR count). The molecule has 0 bridgehead atoms. The van der Waals surface area contributed by atoms with Gasteiger partial charge in [-0.15, -0.1) is 0 Å². The van der Waals surface area contributed by atoms with Gasteiger partial charge >= 0.3 is 5.97 Å². The average Bonchev–Trinajstić information content (AvgIpc) is 2.70. The Balaban J connectivity index is 0.00000480. The first kappa shape index (κ1) is 26.2. The molecule has 0 saturated heterocycles. The number of esters is 1. The van der Waals surface area contributed by atoms with E-state index in [1.54, 1.807) is 6.08 Å². The molecule has 166 valence electrons. The molecular formula is C25H32ClN3O2. The lowest BCUT2D eigenvalue weighted by Crippen LogP contribution is -3.00. The maximum absolute atomic E-state index is 12.3. The fourth-order valence-electron chi connectivity index (χ4n) is 2.99. The molecule has 2 aromatic rings. The number of nitriles is 1. The van der Waals surface area contributed by atoms with Gasteiger partial charge in [-0.1, -0.05) is 36.4 Å². The molecular weight excluding hydrogens is 410 g/mol. The number of hydrogen-bond acceptors (Lipinski definition) is 4. The molecule has 0 aromatic heterocycles. The molecule has 0 amide bonds. The zero-order valence-corrected chi connectivity index (χ0v) is 19.8. The van der Waals surface area contributed by atoms with Crippen molar-refractivity contribution in [3.05, 3.63) is 70.8 Å². The second-order valence-electron chi connectivity index (χ2n) is 8.36. The minimum Gasteiger partial charge on any atom is -1.00 e. The first-order chi connectivity index (χ1) is 14.2. The van der Waals surface area contributed by atoms with E-state index in [1.165, 1.54) is 5.56 Å². The van der Waals surface area contributed by atoms with Crippen molar-refractivity contribution in [1.82, 2.24) is 0 Å². The molecule has 6 heteroatoms. The van der Waals surface area contributed by atoms with Gasteiger partial charge in [-0.2, -0.15) is 5.26 Å². The molecule has 31 heavy (non-hydrogen) atoms. The van der Waals surface area contributed by atoms with Crippen molar-refractivity contribution in [3.8, 4) is 6.07 Å². The molecule has 5 nitrogen and oxygen atoms in total. The third-order valence-electron chi connectivity index (χ3n) is 4.85. The van der Waals surface area contributed by atoms with Crippen molar-refractivity contribution in [2.45, 2.75) is 20.4 Å². The number of anilines is 1. The SMILES string of the molecule is CCN(Cc1ccccc1)c1ccc(C=C(C#N)C(=O)OCC[N+](C)(C)C)c(C)c1.[Cl-]. The number of carbonyl (C=O) groups is 1. The molecule has 0 atom stereocenters. The Kier molecular flexibility index (Phi) is 10.3. The van der Waals surface area contributed by atoms with Crippen molar-refractivity contribution < 1.29 is 26.4 Å². The fraction of sp³-hybridized carbons (Fsp3) is 0.360. The number of rotatable bonds is 9. The van der Waals surface area contributed by atoms with Crippen LogP contribution in [-0.4, -0.2) is 51.3 Å². The van der Waals surface area contributed by atoms with Crippen LogP contribution in [0.15, 0.2) is 54.1 Å². The van der Waals surface area contributed by atoms with Crippen molar-refractivity contribution >= 4 is 17.7 Å². The summed E-state index contributed by atoms with van der Waals surface area (Å²) in [5.74, 6) is -0.575. The Hall–Kier alpha value is -2.81. The van der Waals surface area contributed by atoms with Crippen LogP contribution in [0.3, 0.4) is 0 Å². The molecule has 0 saturated carbocycles. The smallest absolute Gasteiger partial charge is 0.349 e. The standard InChI is InChI=1S/C25H32N3O2.ClH/c1-6-27(19-21-10-8-7-9-11-21)24-13-12-22(20(2)16-24)17-23(18-26)25(29)30-15-14-28(3,4)5;/h7-13,16-17H,6,14-15,19H2,1-5H3;1H/q+1;/p-1. The number of benzene rings is 2. The van der Waals surface area contributed by atoms with E-state index in [9.17, 15) is 10.1 Å². The number of ether oxygens (including phenoxy) is 1.